The normalized spacial score (nSPS) is 10.9. The second kappa shape index (κ2) is 8.89. The van der Waals surface area contributed by atoms with Crippen LogP contribution in [0.15, 0.2) is 102 Å². The minimum Gasteiger partial charge on any atom is -0.424 e. The standard InChI is InChI=1S/C23H22N2OP.HI/c1-25(2)23-22(24-18-26-23)27(19-12-6-3-7-13-19,20-14-8-4-9-15-20)21-16-10-5-11-17-21;/h3-18H,1-2H3;1H/q+1;. The molecule has 0 saturated carbocycles. The number of hydrogen-bond donors (Lipinski definition) is 0. The van der Waals surface area contributed by atoms with E-state index in [1.807, 2.05) is 19.0 Å². The minimum absolute atomic E-state index is 0. The van der Waals surface area contributed by atoms with Crippen molar-refractivity contribution < 1.29 is 4.42 Å². The van der Waals surface area contributed by atoms with Gasteiger partial charge in [0.05, 0.1) is 0 Å². The Bertz CT molecular complexity index is 908. The number of hydrogen-bond acceptors (Lipinski definition) is 3. The van der Waals surface area contributed by atoms with E-state index >= 15 is 0 Å². The summed E-state index contributed by atoms with van der Waals surface area (Å²) in [5.41, 5.74) is 0.996. The monoisotopic (exact) mass is 501 g/mol. The van der Waals surface area contributed by atoms with Crippen LogP contribution in [0.4, 0.5) is 5.88 Å². The highest BCUT2D eigenvalue weighted by atomic mass is 127. The van der Waals surface area contributed by atoms with Gasteiger partial charge in [0.15, 0.2) is 13.7 Å². The number of halogens is 1. The third-order valence-corrected chi connectivity index (χ3v) is 8.85. The van der Waals surface area contributed by atoms with Gasteiger partial charge < -0.3 is 9.32 Å². The van der Waals surface area contributed by atoms with Crippen molar-refractivity contribution in [1.82, 2.24) is 4.98 Å². The second-order valence-corrected chi connectivity index (χ2v) is 9.87. The minimum atomic E-state index is -2.20. The van der Waals surface area contributed by atoms with E-state index in [2.05, 4.69) is 91.0 Å². The topological polar surface area (TPSA) is 29.3 Å². The zero-order valence-electron chi connectivity index (χ0n) is 15.9. The number of anilines is 1. The summed E-state index contributed by atoms with van der Waals surface area (Å²) < 4.78 is 5.84. The van der Waals surface area contributed by atoms with Crippen LogP contribution in [0.3, 0.4) is 0 Å². The molecule has 1 aromatic heterocycles. The molecule has 0 unspecified atom stereocenters. The Kier molecular flexibility index (Phi) is 6.53. The lowest BCUT2D eigenvalue weighted by Crippen LogP contribution is -2.40. The van der Waals surface area contributed by atoms with Gasteiger partial charge in [0, 0.05) is 14.1 Å². The van der Waals surface area contributed by atoms with Crippen LogP contribution in [0, 0.1) is 0 Å². The smallest absolute Gasteiger partial charge is 0.261 e. The van der Waals surface area contributed by atoms with Crippen LogP contribution in [0.25, 0.3) is 0 Å². The maximum absolute atomic E-state index is 5.84. The molecule has 4 aromatic rings. The highest BCUT2D eigenvalue weighted by molar-refractivity contribution is 14.0. The van der Waals surface area contributed by atoms with Gasteiger partial charge in [-0.05, 0) is 36.4 Å². The summed E-state index contributed by atoms with van der Waals surface area (Å²) >= 11 is 0. The molecule has 4 rings (SSSR count). The van der Waals surface area contributed by atoms with Crippen LogP contribution in [0.2, 0.25) is 0 Å². The first kappa shape index (κ1) is 20.6. The fourth-order valence-corrected chi connectivity index (χ4v) is 7.78. The number of aromatic nitrogens is 1. The summed E-state index contributed by atoms with van der Waals surface area (Å²) in [4.78, 5) is 6.79. The van der Waals surface area contributed by atoms with E-state index in [-0.39, 0.29) is 24.0 Å². The van der Waals surface area contributed by atoms with Gasteiger partial charge in [-0.15, -0.1) is 24.0 Å². The Balaban J connectivity index is 0.00000225. The van der Waals surface area contributed by atoms with Crippen molar-refractivity contribution in [3.05, 3.63) is 97.4 Å². The van der Waals surface area contributed by atoms with Crippen molar-refractivity contribution in [2.24, 2.45) is 0 Å². The lowest BCUT2D eigenvalue weighted by Gasteiger charge is -2.26. The van der Waals surface area contributed by atoms with Gasteiger partial charge in [-0.25, -0.2) is 0 Å². The Morgan fingerprint density at radius 2 is 1.07 bits per heavy atom. The molecule has 0 bridgehead atoms. The van der Waals surface area contributed by atoms with Crippen molar-refractivity contribution in [2.45, 2.75) is 0 Å². The number of rotatable bonds is 5. The Morgan fingerprint density at radius 3 is 1.43 bits per heavy atom. The first-order valence-corrected chi connectivity index (χ1v) is 10.7. The molecule has 3 nitrogen and oxygen atoms in total. The highest BCUT2D eigenvalue weighted by Gasteiger charge is 2.52. The predicted octanol–water partition coefficient (Wildman–Crippen LogP) is 3.98. The largest absolute Gasteiger partial charge is 0.424 e. The molecule has 0 amide bonds. The molecular weight excluding hydrogens is 478 g/mol. The van der Waals surface area contributed by atoms with Gasteiger partial charge in [-0.3, -0.25) is 0 Å². The van der Waals surface area contributed by atoms with Crippen molar-refractivity contribution in [3.63, 3.8) is 0 Å². The molecule has 3 aromatic carbocycles. The molecule has 0 aliphatic rings. The molecule has 5 heteroatoms. The van der Waals surface area contributed by atoms with Crippen molar-refractivity contribution in [3.8, 4) is 0 Å². The predicted molar refractivity (Wildman–Crippen MR) is 131 cm³/mol. The van der Waals surface area contributed by atoms with Crippen molar-refractivity contribution in [1.29, 1.82) is 0 Å². The fourth-order valence-electron chi connectivity index (χ4n) is 3.54. The van der Waals surface area contributed by atoms with E-state index in [0.717, 1.165) is 11.3 Å². The summed E-state index contributed by atoms with van der Waals surface area (Å²) in [6.45, 7) is 0. The molecule has 28 heavy (non-hydrogen) atoms. The number of nitrogens with zero attached hydrogens (tertiary/aromatic N) is 2. The van der Waals surface area contributed by atoms with Gasteiger partial charge in [-0.1, -0.05) is 54.6 Å². The Hall–Kier alpha value is -2.17. The van der Waals surface area contributed by atoms with E-state index in [1.165, 1.54) is 15.9 Å². The first-order chi connectivity index (χ1) is 13.2. The molecule has 0 saturated heterocycles. The van der Waals surface area contributed by atoms with Crippen LogP contribution < -0.4 is 26.2 Å². The lowest BCUT2D eigenvalue weighted by molar-refractivity contribution is 0.557. The van der Waals surface area contributed by atoms with E-state index in [9.17, 15) is 0 Å². The molecule has 0 radical (unpaired) electrons. The van der Waals surface area contributed by atoms with E-state index < -0.39 is 7.26 Å². The molecule has 1 heterocycles. The average Bonchev–Trinajstić information content (AvgIpc) is 3.22. The quantitative estimate of drug-likeness (QED) is 0.306. The third kappa shape index (κ3) is 3.47. The molecular formula is C23H23IN2OP+. The van der Waals surface area contributed by atoms with Gasteiger partial charge in [0.2, 0.25) is 0 Å². The maximum Gasteiger partial charge on any atom is 0.261 e. The molecule has 142 valence electrons. The molecule has 0 fully saturated rings. The second-order valence-electron chi connectivity index (χ2n) is 6.55. The van der Waals surface area contributed by atoms with Crippen molar-refractivity contribution >= 4 is 58.5 Å². The lowest BCUT2D eigenvalue weighted by atomic mass is 10.4. The maximum atomic E-state index is 5.84. The van der Waals surface area contributed by atoms with E-state index in [1.54, 1.807) is 6.39 Å². The Morgan fingerprint density at radius 1 is 0.679 bits per heavy atom. The van der Waals surface area contributed by atoms with Crippen LogP contribution >= 0.6 is 31.2 Å². The van der Waals surface area contributed by atoms with Gasteiger partial charge in [0.1, 0.15) is 15.9 Å². The first-order valence-electron chi connectivity index (χ1n) is 8.92. The third-order valence-electron chi connectivity index (χ3n) is 4.68. The molecule has 0 aliphatic carbocycles. The van der Waals surface area contributed by atoms with Crippen molar-refractivity contribution in [2.75, 3.05) is 19.0 Å². The Labute approximate surface area is 183 Å². The summed E-state index contributed by atoms with van der Waals surface area (Å²) in [7, 11) is 1.80. The average molecular weight is 501 g/mol. The summed E-state index contributed by atoms with van der Waals surface area (Å²) in [5.74, 6) is 0.805. The van der Waals surface area contributed by atoms with Crippen LogP contribution in [-0.2, 0) is 0 Å². The highest BCUT2D eigenvalue weighted by Crippen LogP contribution is 2.55. The molecule has 0 N–H and O–H groups in total. The van der Waals surface area contributed by atoms with Gasteiger partial charge >= 0.3 is 0 Å². The van der Waals surface area contributed by atoms with Gasteiger partial charge in [0.25, 0.3) is 11.3 Å². The number of benzene rings is 3. The summed E-state index contributed by atoms with van der Waals surface area (Å²) in [5, 5.41) is 3.79. The van der Waals surface area contributed by atoms with Crippen LogP contribution in [0.5, 0.6) is 0 Å². The zero-order valence-corrected chi connectivity index (χ0v) is 19.1. The SMILES string of the molecule is CN(C)c1ocnc1[P+](c1ccccc1)(c1ccccc1)c1ccccc1.I. The van der Waals surface area contributed by atoms with Crippen LogP contribution in [-0.4, -0.2) is 19.1 Å². The molecule has 0 aliphatic heterocycles. The van der Waals surface area contributed by atoms with E-state index in [0.29, 0.717) is 0 Å². The zero-order chi connectivity index (χ0) is 18.7. The summed E-state index contributed by atoms with van der Waals surface area (Å²) in [6.07, 6.45) is 1.56. The van der Waals surface area contributed by atoms with E-state index in [4.69, 9.17) is 9.40 Å². The fraction of sp³-hybridized carbons (Fsp3) is 0.0870. The van der Waals surface area contributed by atoms with Gasteiger partial charge in [-0.2, -0.15) is 4.98 Å². The molecule has 0 spiro atoms. The molecule has 0 atom stereocenters. The summed E-state index contributed by atoms with van der Waals surface area (Å²) in [6, 6.07) is 32.1. The van der Waals surface area contributed by atoms with Crippen LogP contribution in [0.1, 0.15) is 0 Å². The number of oxazole rings is 1.